The van der Waals surface area contributed by atoms with Crippen LogP contribution in [0.1, 0.15) is 11.4 Å². The average molecular weight is 299 g/mol. The van der Waals surface area contributed by atoms with Gasteiger partial charge in [0, 0.05) is 12.1 Å². The van der Waals surface area contributed by atoms with Gasteiger partial charge < -0.3 is 5.32 Å². The number of benzene rings is 1. The molecule has 3 N–H and O–H groups in total. The third-order valence-electron chi connectivity index (χ3n) is 2.59. The van der Waals surface area contributed by atoms with Crippen LogP contribution in [0.5, 0.6) is 0 Å². The zero-order valence-electron chi connectivity index (χ0n) is 10.7. The fourth-order valence-corrected chi connectivity index (χ4v) is 2.64. The zero-order valence-corrected chi connectivity index (χ0v) is 11.5. The largest absolute Gasteiger partial charge is 0.316 e. The highest BCUT2D eigenvalue weighted by molar-refractivity contribution is 7.89. The second-order valence-electron chi connectivity index (χ2n) is 4.04. The Morgan fingerprint density at radius 1 is 1.35 bits per heavy atom. The summed E-state index contributed by atoms with van der Waals surface area (Å²) in [5.74, 6) is -0.0559. The van der Waals surface area contributed by atoms with Crippen molar-refractivity contribution in [3.63, 3.8) is 0 Å². The van der Waals surface area contributed by atoms with Gasteiger partial charge in [0.15, 0.2) is 0 Å². The van der Waals surface area contributed by atoms with E-state index in [0.29, 0.717) is 5.82 Å². The first-order valence-electron chi connectivity index (χ1n) is 5.80. The Bertz CT molecular complexity index is 672. The van der Waals surface area contributed by atoms with Crippen LogP contribution < -0.4 is 10.0 Å². The maximum absolute atomic E-state index is 13.5. The smallest absolute Gasteiger partial charge is 0.240 e. The molecule has 0 radical (unpaired) electrons. The van der Waals surface area contributed by atoms with Crippen molar-refractivity contribution >= 4 is 10.0 Å². The number of aromatic amines is 1. The molecule has 2 rings (SSSR count). The number of nitrogens with zero attached hydrogens (tertiary/aromatic N) is 2. The first kappa shape index (κ1) is 14.6. The highest BCUT2D eigenvalue weighted by Crippen LogP contribution is 2.15. The molecule has 0 aliphatic heterocycles. The molecule has 0 fully saturated rings. The Hall–Kier alpha value is -1.84. The zero-order chi connectivity index (χ0) is 14.6. The van der Waals surface area contributed by atoms with Gasteiger partial charge >= 0.3 is 0 Å². The van der Waals surface area contributed by atoms with Crippen molar-refractivity contribution in [2.24, 2.45) is 0 Å². The molecule has 0 aliphatic carbocycles. The summed E-state index contributed by atoms with van der Waals surface area (Å²) >= 11 is 0. The number of hydrogen-bond donors (Lipinski definition) is 3. The molecule has 0 bridgehead atoms. The summed E-state index contributed by atoms with van der Waals surface area (Å²) < 4.78 is 40.0. The van der Waals surface area contributed by atoms with E-state index in [9.17, 15) is 12.8 Å². The molecule has 1 heterocycles. The summed E-state index contributed by atoms with van der Waals surface area (Å²) in [7, 11) is -2.07. The predicted molar refractivity (Wildman–Crippen MR) is 69.6 cm³/mol. The van der Waals surface area contributed by atoms with E-state index >= 15 is 0 Å². The number of H-pyrrole nitrogens is 1. The molecule has 0 spiro atoms. The lowest BCUT2D eigenvalue weighted by Gasteiger charge is -2.08. The second-order valence-corrected chi connectivity index (χ2v) is 5.81. The van der Waals surface area contributed by atoms with Crippen LogP contribution in [0, 0.1) is 5.82 Å². The van der Waals surface area contributed by atoms with Gasteiger partial charge in [-0.1, -0.05) is 0 Å². The van der Waals surface area contributed by atoms with E-state index in [1.54, 1.807) is 7.05 Å². The summed E-state index contributed by atoms with van der Waals surface area (Å²) in [6, 6.07) is 3.65. The second kappa shape index (κ2) is 6.07. The number of aromatic nitrogens is 3. The molecule has 0 unspecified atom stereocenters. The van der Waals surface area contributed by atoms with Crippen molar-refractivity contribution in [2.45, 2.75) is 18.0 Å². The van der Waals surface area contributed by atoms with Gasteiger partial charge in [-0.2, -0.15) is 5.10 Å². The normalized spacial score (nSPS) is 11.7. The fourth-order valence-electron chi connectivity index (χ4n) is 1.61. The van der Waals surface area contributed by atoms with Crippen LogP contribution in [0.4, 0.5) is 4.39 Å². The van der Waals surface area contributed by atoms with Crippen LogP contribution in [-0.2, 0) is 23.1 Å². The molecule has 9 heteroatoms. The van der Waals surface area contributed by atoms with Gasteiger partial charge in [-0.3, -0.25) is 5.10 Å². The van der Waals surface area contributed by atoms with Crippen LogP contribution in [0.3, 0.4) is 0 Å². The molecule has 0 amide bonds. The third kappa shape index (κ3) is 3.38. The van der Waals surface area contributed by atoms with Gasteiger partial charge in [-0.25, -0.2) is 22.5 Å². The number of hydrogen-bond acceptors (Lipinski definition) is 5. The highest BCUT2D eigenvalue weighted by atomic mass is 32.2. The fraction of sp³-hybridized carbons (Fsp3) is 0.273. The van der Waals surface area contributed by atoms with Gasteiger partial charge in [0.05, 0.1) is 11.4 Å². The van der Waals surface area contributed by atoms with E-state index in [1.807, 2.05) is 0 Å². The van der Waals surface area contributed by atoms with E-state index in [4.69, 9.17) is 0 Å². The van der Waals surface area contributed by atoms with E-state index in [2.05, 4.69) is 25.2 Å². The lowest BCUT2D eigenvalue weighted by Crippen LogP contribution is -2.24. The molecular weight excluding hydrogens is 285 g/mol. The predicted octanol–water partition coefficient (Wildman–Crippen LogP) is 0.142. The lowest BCUT2D eigenvalue weighted by atomic mass is 10.2. The Morgan fingerprint density at radius 2 is 2.15 bits per heavy atom. The molecule has 108 valence electrons. The Kier molecular flexibility index (Phi) is 4.42. The number of nitrogens with one attached hydrogen (secondary N) is 3. The van der Waals surface area contributed by atoms with E-state index in [-0.39, 0.29) is 23.5 Å². The third-order valence-corrected chi connectivity index (χ3v) is 3.99. The topological polar surface area (TPSA) is 99.8 Å². The lowest BCUT2D eigenvalue weighted by molar-refractivity contribution is 0.576. The number of sulfonamides is 1. The molecule has 20 heavy (non-hydrogen) atoms. The van der Waals surface area contributed by atoms with Crippen LogP contribution in [0.25, 0.3) is 0 Å². The molecule has 0 atom stereocenters. The average Bonchev–Trinajstić information content (AvgIpc) is 2.92. The van der Waals surface area contributed by atoms with E-state index in [0.717, 1.165) is 6.07 Å². The van der Waals surface area contributed by atoms with Gasteiger partial charge in [0.2, 0.25) is 10.0 Å². The molecule has 1 aromatic heterocycles. The van der Waals surface area contributed by atoms with E-state index in [1.165, 1.54) is 18.5 Å². The Morgan fingerprint density at radius 3 is 2.80 bits per heavy atom. The molecule has 0 aliphatic rings. The Balaban J connectivity index is 2.18. The van der Waals surface area contributed by atoms with Gasteiger partial charge in [-0.05, 0) is 25.2 Å². The first-order chi connectivity index (χ1) is 9.53. The summed E-state index contributed by atoms with van der Waals surface area (Å²) in [6.45, 7) is 0.234. The quantitative estimate of drug-likeness (QED) is 0.704. The number of rotatable bonds is 6. The molecule has 0 saturated carbocycles. The molecule has 2 aromatic rings. The van der Waals surface area contributed by atoms with Crippen molar-refractivity contribution in [1.82, 2.24) is 25.2 Å². The van der Waals surface area contributed by atoms with Crippen LogP contribution >= 0.6 is 0 Å². The van der Waals surface area contributed by atoms with Crippen LogP contribution in [0.2, 0.25) is 0 Å². The van der Waals surface area contributed by atoms with Gasteiger partial charge in [0.1, 0.15) is 18.0 Å². The van der Waals surface area contributed by atoms with Crippen LogP contribution in [0.15, 0.2) is 29.4 Å². The summed E-state index contributed by atoms with van der Waals surface area (Å²) in [5.41, 5.74) is 0.287. The van der Waals surface area contributed by atoms with Crippen molar-refractivity contribution in [2.75, 3.05) is 7.05 Å². The van der Waals surface area contributed by atoms with Crippen molar-refractivity contribution in [3.8, 4) is 0 Å². The highest BCUT2D eigenvalue weighted by Gasteiger charge is 2.16. The summed E-state index contributed by atoms with van der Waals surface area (Å²) in [6.07, 6.45) is 1.28. The molecular formula is C11H14FN5O2S. The standard InChI is InChI=1S/C11H14FN5O2S/c1-13-5-8-4-9(2-3-10(8)12)20(18,19)16-6-11-14-7-15-17-11/h2-4,7,13,16H,5-6H2,1H3,(H,14,15,17). The Labute approximate surface area is 115 Å². The first-order valence-corrected chi connectivity index (χ1v) is 7.28. The minimum absolute atomic E-state index is 0.00339. The SMILES string of the molecule is CNCc1cc(S(=O)(=O)NCc2ncn[nH]2)ccc1F. The van der Waals surface area contributed by atoms with Gasteiger partial charge in [0.25, 0.3) is 0 Å². The van der Waals surface area contributed by atoms with Crippen molar-refractivity contribution in [3.05, 3.63) is 41.7 Å². The minimum Gasteiger partial charge on any atom is -0.316 e. The van der Waals surface area contributed by atoms with Crippen molar-refractivity contribution in [1.29, 1.82) is 0 Å². The maximum Gasteiger partial charge on any atom is 0.240 e. The van der Waals surface area contributed by atoms with Crippen LogP contribution in [-0.4, -0.2) is 30.6 Å². The van der Waals surface area contributed by atoms with Gasteiger partial charge in [-0.15, -0.1) is 0 Å². The molecule has 7 nitrogen and oxygen atoms in total. The summed E-state index contributed by atoms with van der Waals surface area (Å²) in [5, 5.41) is 8.94. The summed E-state index contributed by atoms with van der Waals surface area (Å²) in [4.78, 5) is 3.81. The molecule has 0 saturated heterocycles. The monoisotopic (exact) mass is 299 g/mol. The number of halogens is 1. The maximum atomic E-state index is 13.5. The van der Waals surface area contributed by atoms with E-state index < -0.39 is 15.8 Å². The minimum atomic E-state index is -3.73. The van der Waals surface area contributed by atoms with Crippen molar-refractivity contribution < 1.29 is 12.8 Å². The molecule has 1 aromatic carbocycles.